The zero-order chi connectivity index (χ0) is 12.8. The number of amides is 1. The normalized spacial score (nSPS) is 12.5. The molecular weight excluding hydrogens is 263 g/mol. The Labute approximate surface area is 103 Å². The van der Waals surface area contributed by atoms with Gasteiger partial charge in [0.25, 0.3) is 0 Å². The second-order valence-electron chi connectivity index (χ2n) is 3.39. The van der Waals surface area contributed by atoms with Crippen LogP contribution < -0.4 is 5.32 Å². The summed E-state index contributed by atoms with van der Waals surface area (Å²) in [6.07, 6.45) is -3.37. The van der Waals surface area contributed by atoms with E-state index in [0.29, 0.717) is 6.42 Å². The van der Waals surface area contributed by atoms with E-state index >= 15 is 0 Å². The maximum atomic E-state index is 11.8. The molecule has 8 heteroatoms. The van der Waals surface area contributed by atoms with E-state index in [9.17, 15) is 22.8 Å². The van der Waals surface area contributed by atoms with Crippen LogP contribution in [0.3, 0.4) is 0 Å². The lowest BCUT2D eigenvalue weighted by atomic mass is 10.0. The highest BCUT2D eigenvalue weighted by molar-refractivity contribution is 5.85. The lowest BCUT2D eigenvalue weighted by Gasteiger charge is -2.13. The number of rotatable bonds is 6. The molecule has 102 valence electrons. The summed E-state index contributed by atoms with van der Waals surface area (Å²) in [5, 5.41) is 10.3. The van der Waals surface area contributed by atoms with E-state index in [1.165, 1.54) is 0 Å². The van der Waals surface area contributed by atoms with Crippen molar-refractivity contribution in [2.75, 3.05) is 6.54 Å². The van der Waals surface area contributed by atoms with Gasteiger partial charge in [-0.15, -0.1) is 12.4 Å². The number of aliphatic carboxylic acids is 1. The highest BCUT2D eigenvalue weighted by atomic mass is 35.5. The van der Waals surface area contributed by atoms with Crippen molar-refractivity contribution in [3.63, 3.8) is 0 Å². The number of carboxylic acids is 1. The molecule has 1 amide bonds. The minimum Gasteiger partial charge on any atom is -0.481 e. The van der Waals surface area contributed by atoms with Crippen LogP contribution in [0, 0.1) is 5.92 Å². The summed E-state index contributed by atoms with van der Waals surface area (Å²) in [6.45, 7) is 1.35. The van der Waals surface area contributed by atoms with Crippen LogP contribution in [0.5, 0.6) is 0 Å². The fourth-order valence-electron chi connectivity index (χ4n) is 1.08. The van der Waals surface area contributed by atoms with E-state index in [0.717, 1.165) is 6.42 Å². The Kier molecular flexibility index (Phi) is 8.83. The number of nitrogens with one attached hydrogen (secondary N) is 1. The third-order valence-electron chi connectivity index (χ3n) is 2.02. The van der Waals surface area contributed by atoms with E-state index < -0.39 is 30.5 Å². The van der Waals surface area contributed by atoms with Crippen molar-refractivity contribution in [3.05, 3.63) is 0 Å². The van der Waals surface area contributed by atoms with Crippen LogP contribution in [0.4, 0.5) is 13.2 Å². The number of halogens is 4. The smallest absolute Gasteiger partial charge is 0.471 e. The van der Waals surface area contributed by atoms with E-state index in [1.54, 1.807) is 5.32 Å². The minimum atomic E-state index is -4.96. The van der Waals surface area contributed by atoms with Crippen molar-refractivity contribution in [2.45, 2.75) is 32.4 Å². The highest BCUT2D eigenvalue weighted by Gasteiger charge is 2.38. The zero-order valence-corrected chi connectivity index (χ0v) is 10.0. The molecule has 0 saturated carbocycles. The molecule has 0 aromatic rings. The SMILES string of the molecule is CCCCC(CNC(=O)C(F)(F)F)C(=O)O.Cl. The summed E-state index contributed by atoms with van der Waals surface area (Å²) in [5.74, 6) is -4.27. The maximum absolute atomic E-state index is 11.8. The molecule has 4 nitrogen and oxygen atoms in total. The molecule has 2 N–H and O–H groups in total. The van der Waals surface area contributed by atoms with Gasteiger partial charge in [-0.2, -0.15) is 13.2 Å². The van der Waals surface area contributed by atoms with Crippen LogP contribution in [-0.4, -0.2) is 29.7 Å². The Morgan fingerprint density at radius 1 is 1.35 bits per heavy atom. The number of carbonyl (C=O) groups excluding carboxylic acids is 1. The van der Waals surface area contributed by atoms with Crippen LogP contribution in [0.15, 0.2) is 0 Å². The first-order valence-corrected chi connectivity index (χ1v) is 4.86. The van der Waals surface area contributed by atoms with Gasteiger partial charge < -0.3 is 10.4 Å². The molecule has 1 atom stereocenters. The van der Waals surface area contributed by atoms with E-state index in [-0.39, 0.29) is 18.8 Å². The van der Waals surface area contributed by atoms with Crippen LogP contribution in [0.2, 0.25) is 0 Å². The molecule has 0 aliphatic rings. The van der Waals surface area contributed by atoms with Crippen molar-refractivity contribution >= 4 is 24.3 Å². The van der Waals surface area contributed by atoms with Gasteiger partial charge in [-0.1, -0.05) is 19.8 Å². The maximum Gasteiger partial charge on any atom is 0.471 e. The summed E-state index contributed by atoms with van der Waals surface area (Å²) >= 11 is 0. The Morgan fingerprint density at radius 3 is 2.24 bits per heavy atom. The van der Waals surface area contributed by atoms with Gasteiger partial charge in [0.05, 0.1) is 5.92 Å². The predicted molar refractivity (Wildman–Crippen MR) is 57.0 cm³/mol. The van der Waals surface area contributed by atoms with Crippen molar-refractivity contribution in [1.82, 2.24) is 5.32 Å². The zero-order valence-electron chi connectivity index (χ0n) is 9.21. The fraction of sp³-hybridized carbons (Fsp3) is 0.778. The number of alkyl halides is 3. The minimum absolute atomic E-state index is 0. The third kappa shape index (κ3) is 7.84. The number of carbonyl (C=O) groups is 2. The Balaban J connectivity index is 0. The lowest BCUT2D eigenvalue weighted by molar-refractivity contribution is -0.174. The van der Waals surface area contributed by atoms with Crippen LogP contribution >= 0.6 is 12.4 Å². The Hall–Kier alpha value is -0.980. The van der Waals surface area contributed by atoms with Crippen molar-refractivity contribution < 1.29 is 27.9 Å². The van der Waals surface area contributed by atoms with Gasteiger partial charge in [-0.25, -0.2) is 0 Å². The Morgan fingerprint density at radius 2 is 1.88 bits per heavy atom. The number of carboxylic acid groups (broad SMARTS) is 1. The molecule has 0 aliphatic heterocycles. The van der Waals surface area contributed by atoms with Gasteiger partial charge in [0, 0.05) is 6.54 Å². The predicted octanol–water partition coefficient (Wildman–Crippen LogP) is 1.98. The first-order valence-electron chi connectivity index (χ1n) is 4.86. The molecule has 0 fully saturated rings. The molecule has 0 rings (SSSR count). The van der Waals surface area contributed by atoms with E-state index in [4.69, 9.17) is 5.11 Å². The second-order valence-corrected chi connectivity index (χ2v) is 3.39. The topological polar surface area (TPSA) is 66.4 Å². The van der Waals surface area contributed by atoms with Gasteiger partial charge in [-0.05, 0) is 6.42 Å². The summed E-state index contributed by atoms with van der Waals surface area (Å²) in [4.78, 5) is 21.1. The van der Waals surface area contributed by atoms with Crippen LogP contribution in [0.1, 0.15) is 26.2 Å². The van der Waals surface area contributed by atoms with E-state index in [2.05, 4.69) is 0 Å². The Bertz CT molecular complexity index is 258. The first-order chi connectivity index (χ1) is 7.29. The summed E-state index contributed by atoms with van der Waals surface area (Å²) in [6, 6.07) is 0. The van der Waals surface area contributed by atoms with Gasteiger partial charge in [-0.3, -0.25) is 9.59 Å². The fourth-order valence-corrected chi connectivity index (χ4v) is 1.08. The average Bonchev–Trinajstić information content (AvgIpc) is 2.15. The molecular formula is C9H15ClF3NO3. The standard InChI is InChI=1S/C9H14F3NO3.ClH/c1-2-3-4-6(7(14)15)5-13-8(16)9(10,11)12;/h6H,2-5H2,1H3,(H,13,16)(H,14,15);1H. The molecule has 1 unspecified atom stereocenters. The largest absolute Gasteiger partial charge is 0.481 e. The highest BCUT2D eigenvalue weighted by Crippen LogP contribution is 2.15. The molecule has 0 saturated heterocycles. The summed E-state index contributed by atoms with van der Waals surface area (Å²) in [5.41, 5.74) is 0. The molecule has 0 heterocycles. The summed E-state index contributed by atoms with van der Waals surface area (Å²) < 4.78 is 35.4. The van der Waals surface area contributed by atoms with E-state index in [1.807, 2.05) is 6.92 Å². The second kappa shape index (κ2) is 8.16. The monoisotopic (exact) mass is 277 g/mol. The molecule has 0 bridgehead atoms. The first kappa shape index (κ1) is 18.4. The number of hydrogen-bond acceptors (Lipinski definition) is 2. The molecule has 0 aromatic carbocycles. The van der Waals surface area contributed by atoms with Crippen molar-refractivity contribution in [3.8, 4) is 0 Å². The van der Waals surface area contributed by atoms with Gasteiger partial charge in [0.2, 0.25) is 0 Å². The van der Waals surface area contributed by atoms with Gasteiger partial charge in [0.1, 0.15) is 0 Å². The average molecular weight is 278 g/mol. The summed E-state index contributed by atoms with van der Waals surface area (Å²) in [7, 11) is 0. The quantitative estimate of drug-likeness (QED) is 0.780. The molecule has 0 radical (unpaired) electrons. The third-order valence-corrected chi connectivity index (χ3v) is 2.02. The molecule has 0 aromatic heterocycles. The van der Waals surface area contributed by atoms with Crippen molar-refractivity contribution in [2.24, 2.45) is 5.92 Å². The van der Waals surface area contributed by atoms with Crippen LogP contribution in [0.25, 0.3) is 0 Å². The van der Waals surface area contributed by atoms with Crippen molar-refractivity contribution in [1.29, 1.82) is 0 Å². The number of unbranched alkanes of at least 4 members (excludes halogenated alkanes) is 1. The van der Waals surface area contributed by atoms with Crippen LogP contribution in [-0.2, 0) is 9.59 Å². The van der Waals surface area contributed by atoms with Gasteiger partial charge in [0.15, 0.2) is 0 Å². The number of hydrogen-bond donors (Lipinski definition) is 2. The molecule has 17 heavy (non-hydrogen) atoms. The molecule has 0 aliphatic carbocycles. The van der Waals surface area contributed by atoms with Gasteiger partial charge >= 0.3 is 18.1 Å². The lowest BCUT2D eigenvalue weighted by Crippen LogP contribution is -2.40. The molecule has 0 spiro atoms.